The number of hydrogen-bond acceptors (Lipinski definition) is 0. The molecule has 2 rings (SSSR count). The van der Waals surface area contributed by atoms with E-state index in [1.807, 2.05) is 19.6 Å². The molecule has 0 saturated heterocycles. The highest BCUT2D eigenvalue weighted by Gasteiger charge is 2.53. The molecule has 2 aliphatic carbocycles. The van der Waals surface area contributed by atoms with E-state index in [0.717, 1.165) is 0 Å². The summed E-state index contributed by atoms with van der Waals surface area (Å²) in [6, 6.07) is 0. The fourth-order valence-electron chi connectivity index (χ4n) is 3.15. The van der Waals surface area contributed by atoms with Crippen LogP contribution in [0.25, 0.3) is 0 Å². The molecule has 0 aromatic heterocycles. The van der Waals surface area contributed by atoms with E-state index >= 15 is 0 Å². The summed E-state index contributed by atoms with van der Waals surface area (Å²) >= 11 is 0. The van der Waals surface area contributed by atoms with E-state index in [0.29, 0.717) is 0 Å². The van der Waals surface area contributed by atoms with Crippen molar-refractivity contribution < 1.29 is 17.6 Å². The van der Waals surface area contributed by atoms with Crippen LogP contribution in [0.1, 0.15) is 0 Å². The molecule has 0 spiro atoms. The molecule has 0 aromatic carbocycles. The Morgan fingerprint density at radius 1 is 0.882 bits per heavy atom. The van der Waals surface area contributed by atoms with Crippen molar-refractivity contribution in [3.63, 3.8) is 0 Å². The SMILES string of the molecule is C[Si](C)(C)C1C2C=CC1C(=C(F)F)C2=C(F)F. The Bertz CT molecular complexity index is 400. The Hall–Kier alpha value is -0.843. The number of rotatable bonds is 1. The Morgan fingerprint density at radius 3 is 1.47 bits per heavy atom. The molecule has 2 aliphatic rings. The van der Waals surface area contributed by atoms with Crippen LogP contribution >= 0.6 is 0 Å². The van der Waals surface area contributed by atoms with Crippen LogP contribution in [0.15, 0.2) is 35.5 Å². The average Bonchev–Trinajstić information content (AvgIpc) is 2.69. The van der Waals surface area contributed by atoms with Crippen LogP contribution in [-0.2, 0) is 0 Å². The van der Waals surface area contributed by atoms with Gasteiger partial charge in [0.1, 0.15) is 0 Å². The van der Waals surface area contributed by atoms with Crippen molar-refractivity contribution in [2.45, 2.75) is 25.2 Å². The highest BCUT2D eigenvalue weighted by molar-refractivity contribution is 6.78. The Balaban J connectivity index is 2.59. The molecule has 0 radical (unpaired) electrons. The van der Waals surface area contributed by atoms with Crippen molar-refractivity contribution in [3.8, 4) is 0 Å². The third-order valence-corrected chi connectivity index (χ3v) is 6.38. The summed E-state index contributed by atoms with van der Waals surface area (Å²) < 4.78 is 51.5. The maximum Gasteiger partial charge on any atom is 0.274 e. The lowest BCUT2D eigenvalue weighted by molar-refractivity contribution is 0.392. The third kappa shape index (κ3) is 1.80. The van der Waals surface area contributed by atoms with Crippen LogP contribution in [0.5, 0.6) is 0 Å². The minimum Gasteiger partial charge on any atom is -0.173 e. The van der Waals surface area contributed by atoms with Gasteiger partial charge in [-0.15, -0.1) is 0 Å². The summed E-state index contributed by atoms with van der Waals surface area (Å²) in [5.41, 5.74) is -0.884. The fourth-order valence-corrected chi connectivity index (χ4v) is 5.86. The second-order valence-corrected chi connectivity index (χ2v) is 11.1. The van der Waals surface area contributed by atoms with E-state index in [2.05, 4.69) is 0 Å². The quantitative estimate of drug-likeness (QED) is 0.361. The largest absolute Gasteiger partial charge is 0.274 e. The van der Waals surface area contributed by atoms with Crippen molar-refractivity contribution in [1.29, 1.82) is 0 Å². The predicted octanol–water partition coefficient (Wildman–Crippen LogP) is 4.81. The smallest absolute Gasteiger partial charge is 0.173 e. The van der Waals surface area contributed by atoms with Crippen molar-refractivity contribution >= 4 is 8.07 Å². The summed E-state index contributed by atoms with van der Waals surface area (Å²) in [5, 5.41) is 0. The zero-order valence-corrected chi connectivity index (χ0v) is 10.9. The first kappa shape index (κ1) is 12.6. The molecule has 1 saturated carbocycles. The van der Waals surface area contributed by atoms with E-state index < -0.39 is 43.2 Å². The molecule has 0 nitrogen and oxygen atoms in total. The molecule has 0 aromatic rings. The average molecular weight is 262 g/mol. The van der Waals surface area contributed by atoms with Crippen LogP contribution in [0.4, 0.5) is 17.6 Å². The number of fused-ring (bicyclic) bond motifs is 2. The summed E-state index contributed by atoms with van der Waals surface area (Å²) in [5.74, 6) is -1.01. The predicted molar refractivity (Wildman–Crippen MR) is 61.7 cm³/mol. The first-order valence-electron chi connectivity index (χ1n) is 5.54. The molecule has 2 atom stereocenters. The number of halogens is 4. The van der Waals surface area contributed by atoms with Gasteiger partial charge in [-0.05, 0) is 5.54 Å². The van der Waals surface area contributed by atoms with Gasteiger partial charge in [0.15, 0.2) is 0 Å². The summed E-state index contributed by atoms with van der Waals surface area (Å²) in [7, 11) is -1.76. The first-order chi connectivity index (χ1) is 7.75. The second-order valence-electron chi connectivity index (χ2n) is 5.68. The van der Waals surface area contributed by atoms with Gasteiger partial charge < -0.3 is 0 Å². The van der Waals surface area contributed by atoms with Crippen molar-refractivity contribution in [2.75, 3.05) is 0 Å². The number of hydrogen-bond donors (Lipinski definition) is 0. The van der Waals surface area contributed by atoms with Gasteiger partial charge in [-0.2, -0.15) is 17.6 Å². The highest BCUT2D eigenvalue weighted by atomic mass is 28.3. The van der Waals surface area contributed by atoms with Crippen LogP contribution in [0, 0.1) is 11.8 Å². The lowest BCUT2D eigenvalue weighted by Crippen LogP contribution is -2.31. The van der Waals surface area contributed by atoms with E-state index in [-0.39, 0.29) is 5.54 Å². The van der Waals surface area contributed by atoms with Crippen LogP contribution in [-0.4, -0.2) is 8.07 Å². The molecule has 0 heterocycles. The van der Waals surface area contributed by atoms with Crippen LogP contribution in [0.2, 0.25) is 25.2 Å². The highest BCUT2D eigenvalue weighted by Crippen LogP contribution is 2.60. The number of allylic oxidation sites excluding steroid dienone is 4. The van der Waals surface area contributed by atoms with E-state index in [9.17, 15) is 17.6 Å². The Morgan fingerprint density at radius 2 is 1.24 bits per heavy atom. The topological polar surface area (TPSA) is 0 Å². The molecule has 17 heavy (non-hydrogen) atoms. The monoisotopic (exact) mass is 262 g/mol. The minimum absolute atomic E-state index is 0.0597. The van der Waals surface area contributed by atoms with Gasteiger partial charge in [0, 0.05) is 31.1 Å². The van der Waals surface area contributed by atoms with Gasteiger partial charge in [-0.1, -0.05) is 31.8 Å². The maximum absolute atomic E-state index is 12.9. The van der Waals surface area contributed by atoms with Crippen molar-refractivity contribution in [3.05, 3.63) is 35.5 Å². The van der Waals surface area contributed by atoms with E-state index in [1.165, 1.54) is 0 Å². The van der Waals surface area contributed by atoms with E-state index in [1.54, 1.807) is 12.2 Å². The maximum atomic E-state index is 12.9. The van der Waals surface area contributed by atoms with Gasteiger partial charge in [0.05, 0.1) is 0 Å². The molecule has 2 unspecified atom stereocenters. The minimum atomic E-state index is -1.95. The summed E-state index contributed by atoms with van der Waals surface area (Å²) in [6.45, 7) is 6.12. The molecule has 94 valence electrons. The molecular weight excluding hydrogens is 248 g/mol. The normalized spacial score (nSPS) is 31.4. The van der Waals surface area contributed by atoms with Gasteiger partial charge in [0.2, 0.25) is 0 Å². The third-order valence-electron chi connectivity index (χ3n) is 3.66. The summed E-state index contributed by atoms with van der Waals surface area (Å²) in [4.78, 5) is 0. The van der Waals surface area contributed by atoms with E-state index in [4.69, 9.17) is 0 Å². The lowest BCUT2D eigenvalue weighted by Gasteiger charge is -2.28. The van der Waals surface area contributed by atoms with Crippen LogP contribution in [0.3, 0.4) is 0 Å². The van der Waals surface area contributed by atoms with Gasteiger partial charge in [-0.25, -0.2) is 0 Å². The lowest BCUT2D eigenvalue weighted by atomic mass is 9.97. The molecule has 1 fully saturated rings. The Labute approximate surface area is 98.7 Å². The molecule has 5 heteroatoms. The van der Waals surface area contributed by atoms with Gasteiger partial charge in [-0.3, -0.25) is 0 Å². The molecule has 0 N–H and O–H groups in total. The molecule has 0 amide bonds. The summed E-state index contributed by atoms with van der Waals surface area (Å²) in [6.07, 6.45) is -0.552. The zero-order chi connectivity index (χ0) is 13.0. The van der Waals surface area contributed by atoms with Crippen molar-refractivity contribution in [2.24, 2.45) is 11.8 Å². The fraction of sp³-hybridized carbons (Fsp3) is 0.500. The van der Waals surface area contributed by atoms with Crippen molar-refractivity contribution in [1.82, 2.24) is 0 Å². The first-order valence-corrected chi connectivity index (χ1v) is 9.12. The van der Waals surface area contributed by atoms with Gasteiger partial charge >= 0.3 is 0 Å². The zero-order valence-electron chi connectivity index (χ0n) is 9.90. The second kappa shape index (κ2) is 3.83. The standard InChI is InChI=1S/C12H14F4Si/c1-17(2,3)10-6-4-5-7(10)9(12(15)16)8(6)11(13)14/h4-7,10H,1-3H3. The van der Waals surface area contributed by atoms with Crippen LogP contribution < -0.4 is 0 Å². The van der Waals surface area contributed by atoms with Gasteiger partial charge in [0.25, 0.3) is 12.2 Å². The Kier molecular flexibility index (Phi) is 2.84. The molecule has 0 aliphatic heterocycles. The molecule has 2 bridgehead atoms. The molecular formula is C12H14F4Si.